The molecule has 0 bridgehead atoms. The van der Waals surface area contributed by atoms with Crippen molar-refractivity contribution in [1.82, 2.24) is 10.6 Å². The van der Waals surface area contributed by atoms with Crippen molar-refractivity contribution in [3.8, 4) is 5.75 Å². The van der Waals surface area contributed by atoms with E-state index in [2.05, 4.69) is 41.5 Å². The zero-order valence-corrected chi connectivity index (χ0v) is 14.4. The summed E-state index contributed by atoms with van der Waals surface area (Å²) in [6, 6.07) is 8.22. The van der Waals surface area contributed by atoms with Gasteiger partial charge in [-0.05, 0) is 49.6 Å². The van der Waals surface area contributed by atoms with Crippen molar-refractivity contribution < 1.29 is 4.74 Å². The summed E-state index contributed by atoms with van der Waals surface area (Å²) in [6.45, 7) is 4.78. The molecule has 0 amide bonds. The van der Waals surface area contributed by atoms with Crippen LogP contribution in [0.1, 0.15) is 25.3 Å². The molecule has 0 aromatic heterocycles. The number of methoxy groups -OCH3 is 1. The van der Waals surface area contributed by atoms with Gasteiger partial charge in [-0.2, -0.15) is 11.8 Å². The van der Waals surface area contributed by atoms with Crippen molar-refractivity contribution in [3.63, 3.8) is 0 Å². The van der Waals surface area contributed by atoms with Crippen LogP contribution in [0.2, 0.25) is 0 Å². The summed E-state index contributed by atoms with van der Waals surface area (Å²) in [4.78, 5) is 4.71. The molecule has 1 unspecified atom stereocenters. The Labute approximate surface area is 138 Å². The van der Waals surface area contributed by atoms with Gasteiger partial charge in [0.25, 0.3) is 0 Å². The molecule has 0 radical (unpaired) electrons. The third-order valence-corrected chi connectivity index (χ3v) is 5.04. The molecule has 122 valence electrons. The van der Waals surface area contributed by atoms with Crippen LogP contribution < -0.4 is 15.4 Å². The van der Waals surface area contributed by atoms with E-state index in [-0.39, 0.29) is 0 Å². The Morgan fingerprint density at radius 1 is 1.41 bits per heavy atom. The van der Waals surface area contributed by atoms with E-state index in [1.807, 2.05) is 12.1 Å². The summed E-state index contributed by atoms with van der Waals surface area (Å²) >= 11 is 2.05. The number of rotatable bonds is 7. The van der Waals surface area contributed by atoms with Crippen molar-refractivity contribution in [2.75, 3.05) is 32.5 Å². The molecule has 5 heteroatoms. The summed E-state index contributed by atoms with van der Waals surface area (Å²) in [5.74, 6) is 3.13. The minimum absolute atomic E-state index is 0.703. The van der Waals surface area contributed by atoms with E-state index >= 15 is 0 Å². The first kappa shape index (κ1) is 17.0. The summed E-state index contributed by atoms with van der Waals surface area (Å²) < 4.78 is 5.26. The molecule has 1 aromatic carbocycles. The molecule has 1 fully saturated rings. The second-order valence-electron chi connectivity index (χ2n) is 5.38. The number of nitrogens with zero attached hydrogens (tertiary/aromatic N) is 1. The largest absolute Gasteiger partial charge is 0.497 e. The zero-order chi connectivity index (χ0) is 15.6. The van der Waals surface area contributed by atoms with Gasteiger partial charge in [-0.25, -0.2) is 0 Å². The van der Waals surface area contributed by atoms with E-state index in [9.17, 15) is 0 Å². The van der Waals surface area contributed by atoms with Gasteiger partial charge in [0, 0.05) is 18.3 Å². The normalized spacial score (nSPS) is 18.3. The Bertz CT molecular complexity index is 473. The molecule has 4 nitrogen and oxygen atoms in total. The van der Waals surface area contributed by atoms with Gasteiger partial charge in [-0.15, -0.1) is 0 Å². The summed E-state index contributed by atoms with van der Waals surface area (Å²) in [5.41, 5.74) is 1.27. The molecule has 1 saturated heterocycles. The van der Waals surface area contributed by atoms with Crippen molar-refractivity contribution in [1.29, 1.82) is 0 Å². The lowest BCUT2D eigenvalue weighted by atomic mass is 10.1. The number of guanidine groups is 1. The standard InChI is InChI=1S/C17H27N3OS/c1-3-18-17(20-13-16-8-5-11-22-16)19-10-9-14-6-4-7-15(12-14)21-2/h4,6-7,12,16H,3,5,8-11,13H2,1-2H3,(H2,18,19,20). The third-order valence-electron chi connectivity index (χ3n) is 3.66. The van der Waals surface area contributed by atoms with Crippen LogP contribution in [0.5, 0.6) is 5.75 Å². The van der Waals surface area contributed by atoms with E-state index in [4.69, 9.17) is 9.73 Å². The van der Waals surface area contributed by atoms with Crippen LogP contribution in [0.15, 0.2) is 29.3 Å². The predicted molar refractivity (Wildman–Crippen MR) is 96.2 cm³/mol. The molecule has 2 rings (SSSR count). The first-order valence-electron chi connectivity index (χ1n) is 8.08. The first-order chi connectivity index (χ1) is 10.8. The van der Waals surface area contributed by atoms with Crippen molar-refractivity contribution in [3.05, 3.63) is 29.8 Å². The molecular formula is C17H27N3OS. The average Bonchev–Trinajstić information content (AvgIpc) is 3.06. The molecule has 1 aromatic rings. The Morgan fingerprint density at radius 3 is 3.05 bits per heavy atom. The summed E-state index contributed by atoms with van der Waals surface area (Å²) in [5, 5.41) is 7.44. The highest BCUT2D eigenvalue weighted by molar-refractivity contribution is 8.00. The van der Waals surface area contributed by atoms with Gasteiger partial charge in [0.15, 0.2) is 5.96 Å². The van der Waals surface area contributed by atoms with Gasteiger partial charge in [0.1, 0.15) is 5.75 Å². The lowest BCUT2D eigenvalue weighted by molar-refractivity contribution is 0.414. The second-order valence-corrected chi connectivity index (χ2v) is 6.79. The fraction of sp³-hybridized carbons (Fsp3) is 0.588. The molecule has 1 heterocycles. The van der Waals surface area contributed by atoms with Crippen LogP contribution in [-0.2, 0) is 6.42 Å². The van der Waals surface area contributed by atoms with E-state index in [0.29, 0.717) is 5.25 Å². The smallest absolute Gasteiger partial charge is 0.191 e. The monoisotopic (exact) mass is 321 g/mol. The predicted octanol–water partition coefficient (Wildman–Crippen LogP) is 2.69. The molecule has 0 spiro atoms. The number of nitrogens with one attached hydrogen (secondary N) is 2. The number of hydrogen-bond acceptors (Lipinski definition) is 3. The number of ether oxygens (including phenoxy) is 1. The number of thioether (sulfide) groups is 1. The van der Waals surface area contributed by atoms with Crippen molar-refractivity contribution in [2.45, 2.75) is 31.4 Å². The average molecular weight is 321 g/mol. The molecule has 22 heavy (non-hydrogen) atoms. The van der Waals surface area contributed by atoms with Crippen LogP contribution in [0.4, 0.5) is 0 Å². The van der Waals surface area contributed by atoms with Crippen LogP contribution in [0.3, 0.4) is 0 Å². The third kappa shape index (κ3) is 5.79. The highest BCUT2D eigenvalue weighted by Gasteiger charge is 2.14. The van der Waals surface area contributed by atoms with E-state index in [1.165, 1.54) is 24.2 Å². The van der Waals surface area contributed by atoms with Crippen LogP contribution >= 0.6 is 11.8 Å². The highest BCUT2D eigenvalue weighted by atomic mass is 32.2. The van der Waals surface area contributed by atoms with E-state index in [0.717, 1.165) is 37.8 Å². The molecule has 1 atom stereocenters. The van der Waals surface area contributed by atoms with Crippen molar-refractivity contribution in [2.24, 2.45) is 4.99 Å². The van der Waals surface area contributed by atoms with Gasteiger partial charge >= 0.3 is 0 Å². The van der Waals surface area contributed by atoms with Gasteiger partial charge in [0.2, 0.25) is 0 Å². The SMILES string of the molecule is CCNC(=NCC1CCCS1)NCCc1cccc(OC)c1. The molecule has 2 N–H and O–H groups in total. The Morgan fingerprint density at radius 2 is 2.32 bits per heavy atom. The summed E-state index contributed by atoms with van der Waals surface area (Å²) in [7, 11) is 1.70. The molecule has 0 aliphatic carbocycles. The fourth-order valence-corrected chi connectivity index (χ4v) is 3.66. The molecule has 1 aliphatic heterocycles. The minimum Gasteiger partial charge on any atom is -0.497 e. The second kappa shape index (κ2) is 9.62. The van der Waals surface area contributed by atoms with E-state index in [1.54, 1.807) is 7.11 Å². The lowest BCUT2D eigenvalue weighted by Gasteiger charge is -2.13. The number of hydrogen-bond donors (Lipinski definition) is 2. The first-order valence-corrected chi connectivity index (χ1v) is 9.13. The maximum Gasteiger partial charge on any atom is 0.191 e. The van der Waals surface area contributed by atoms with Gasteiger partial charge in [0.05, 0.1) is 13.7 Å². The van der Waals surface area contributed by atoms with Gasteiger partial charge in [-0.1, -0.05) is 12.1 Å². The van der Waals surface area contributed by atoms with Crippen LogP contribution in [-0.4, -0.2) is 43.7 Å². The van der Waals surface area contributed by atoms with Crippen LogP contribution in [0, 0.1) is 0 Å². The Balaban J connectivity index is 1.78. The minimum atomic E-state index is 0.703. The lowest BCUT2D eigenvalue weighted by Crippen LogP contribution is -2.38. The Kier molecular flexibility index (Phi) is 7.43. The quantitative estimate of drug-likeness (QED) is 0.599. The fourth-order valence-electron chi connectivity index (χ4n) is 2.48. The maximum absolute atomic E-state index is 5.26. The van der Waals surface area contributed by atoms with Gasteiger partial charge < -0.3 is 15.4 Å². The number of aliphatic imine (C=N–C) groups is 1. The molecular weight excluding hydrogens is 294 g/mol. The van der Waals surface area contributed by atoms with Gasteiger partial charge in [-0.3, -0.25) is 4.99 Å². The zero-order valence-electron chi connectivity index (χ0n) is 13.6. The highest BCUT2D eigenvalue weighted by Crippen LogP contribution is 2.25. The molecule has 1 aliphatic rings. The van der Waals surface area contributed by atoms with Crippen LogP contribution in [0.25, 0.3) is 0 Å². The topological polar surface area (TPSA) is 45.7 Å². The molecule has 0 saturated carbocycles. The van der Waals surface area contributed by atoms with Crippen molar-refractivity contribution >= 4 is 17.7 Å². The maximum atomic E-state index is 5.26. The number of benzene rings is 1. The van der Waals surface area contributed by atoms with E-state index < -0.39 is 0 Å². The summed E-state index contributed by atoms with van der Waals surface area (Å²) in [6.07, 6.45) is 3.60. The Hall–Kier alpha value is -1.36.